The van der Waals surface area contributed by atoms with Crippen LogP contribution in [0.2, 0.25) is 5.02 Å². The topological polar surface area (TPSA) is 43.8 Å². The molecule has 1 aromatic heterocycles. The molecule has 0 saturated heterocycles. The highest BCUT2D eigenvalue weighted by Gasteiger charge is 2.31. The number of hydrogen-bond acceptors (Lipinski definition) is 2. The molecule has 1 aliphatic rings. The Kier molecular flexibility index (Phi) is 3.79. The van der Waals surface area contributed by atoms with Crippen LogP contribution in [-0.2, 0) is 19.9 Å². The third kappa shape index (κ3) is 2.36. The molecule has 3 unspecified atom stereocenters. The van der Waals surface area contributed by atoms with Gasteiger partial charge in [-0.15, -0.1) is 0 Å². The average Bonchev–Trinajstić information content (AvgIpc) is 2.76. The summed E-state index contributed by atoms with van der Waals surface area (Å²) in [7, 11) is 1.99. The number of aryl methyl sites for hydroxylation is 2. The summed E-state index contributed by atoms with van der Waals surface area (Å²) in [6, 6.07) is 0.359. The largest absolute Gasteiger partial charge is 0.327 e. The summed E-state index contributed by atoms with van der Waals surface area (Å²) in [4.78, 5) is 0. The monoisotopic (exact) mass is 255 g/mol. The molecule has 96 valence electrons. The highest BCUT2D eigenvalue weighted by molar-refractivity contribution is 6.31. The second-order valence-corrected chi connectivity index (χ2v) is 5.63. The Labute approximate surface area is 108 Å². The Bertz CT molecular complexity index is 400. The lowest BCUT2D eigenvalue weighted by Crippen LogP contribution is -2.26. The van der Waals surface area contributed by atoms with Gasteiger partial charge in [-0.3, -0.25) is 4.68 Å². The summed E-state index contributed by atoms with van der Waals surface area (Å²) in [5.41, 5.74) is 8.26. The molecule has 0 spiro atoms. The van der Waals surface area contributed by atoms with Crippen molar-refractivity contribution >= 4 is 11.6 Å². The molecule has 0 radical (unpaired) electrons. The van der Waals surface area contributed by atoms with Gasteiger partial charge in [0.25, 0.3) is 0 Å². The van der Waals surface area contributed by atoms with Crippen molar-refractivity contribution < 1.29 is 0 Å². The minimum atomic E-state index is 0.359. The first kappa shape index (κ1) is 12.9. The molecule has 0 bridgehead atoms. The second-order valence-electron chi connectivity index (χ2n) is 5.25. The van der Waals surface area contributed by atoms with Crippen LogP contribution >= 0.6 is 11.6 Å². The number of halogens is 1. The summed E-state index contributed by atoms with van der Waals surface area (Å²) in [5.74, 6) is 1.24. The number of aromatic nitrogens is 2. The van der Waals surface area contributed by atoms with Gasteiger partial charge in [-0.05, 0) is 37.5 Å². The highest BCUT2D eigenvalue weighted by atomic mass is 35.5. The zero-order valence-corrected chi connectivity index (χ0v) is 11.7. The Balaban J connectivity index is 2.16. The Morgan fingerprint density at radius 3 is 2.65 bits per heavy atom. The van der Waals surface area contributed by atoms with E-state index in [4.69, 9.17) is 17.3 Å². The van der Waals surface area contributed by atoms with Gasteiger partial charge < -0.3 is 5.73 Å². The molecule has 1 fully saturated rings. The molecular weight excluding hydrogens is 234 g/mol. The second kappa shape index (κ2) is 4.99. The fourth-order valence-corrected chi connectivity index (χ4v) is 3.23. The van der Waals surface area contributed by atoms with Crippen LogP contribution in [0.5, 0.6) is 0 Å². The fourth-order valence-electron chi connectivity index (χ4n) is 2.86. The van der Waals surface area contributed by atoms with E-state index in [0.717, 1.165) is 30.0 Å². The minimum Gasteiger partial charge on any atom is -0.327 e. The SMILES string of the molecule is CCc1nn(C)c(CC2CCC(N)C2C)c1Cl. The van der Waals surface area contributed by atoms with Gasteiger partial charge in [0.15, 0.2) is 0 Å². The van der Waals surface area contributed by atoms with E-state index in [1.54, 1.807) is 0 Å². The average molecular weight is 256 g/mol. The quantitative estimate of drug-likeness (QED) is 0.902. The van der Waals surface area contributed by atoms with Gasteiger partial charge in [0, 0.05) is 13.1 Å². The molecule has 1 heterocycles. The van der Waals surface area contributed by atoms with Crippen molar-refractivity contribution in [2.24, 2.45) is 24.6 Å². The molecule has 2 rings (SSSR count). The lowest BCUT2D eigenvalue weighted by molar-refractivity contribution is 0.383. The van der Waals surface area contributed by atoms with Crippen molar-refractivity contribution in [3.05, 3.63) is 16.4 Å². The molecule has 4 heteroatoms. The van der Waals surface area contributed by atoms with Crippen LogP contribution in [0, 0.1) is 11.8 Å². The van der Waals surface area contributed by atoms with Crippen LogP contribution in [-0.4, -0.2) is 15.8 Å². The molecule has 0 aliphatic heterocycles. The number of nitrogens with zero attached hydrogens (tertiary/aromatic N) is 2. The first-order valence-corrected chi connectivity index (χ1v) is 6.88. The zero-order chi connectivity index (χ0) is 12.6. The first-order chi connectivity index (χ1) is 8.04. The molecule has 1 saturated carbocycles. The van der Waals surface area contributed by atoms with Crippen molar-refractivity contribution in [1.82, 2.24) is 9.78 Å². The summed E-state index contributed by atoms with van der Waals surface area (Å²) in [6.07, 6.45) is 4.26. The van der Waals surface area contributed by atoms with E-state index in [1.165, 1.54) is 12.1 Å². The van der Waals surface area contributed by atoms with Crippen molar-refractivity contribution in [2.45, 2.75) is 45.6 Å². The molecule has 2 N–H and O–H groups in total. The molecule has 1 aromatic rings. The molecular formula is C13H22ClN3. The third-order valence-corrected chi connectivity index (χ3v) is 4.68. The van der Waals surface area contributed by atoms with Gasteiger partial charge in [-0.25, -0.2) is 0 Å². The van der Waals surface area contributed by atoms with Crippen LogP contribution in [0.1, 0.15) is 38.1 Å². The van der Waals surface area contributed by atoms with E-state index in [1.807, 2.05) is 11.7 Å². The van der Waals surface area contributed by atoms with Crippen LogP contribution in [0.15, 0.2) is 0 Å². The van der Waals surface area contributed by atoms with Gasteiger partial charge >= 0.3 is 0 Å². The highest BCUT2D eigenvalue weighted by Crippen LogP contribution is 2.35. The van der Waals surface area contributed by atoms with Gasteiger partial charge in [-0.2, -0.15) is 5.10 Å². The standard InChI is InChI=1S/C13H22ClN3/c1-4-11-13(14)12(17(3)16-11)7-9-5-6-10(15)8(9)2/h8-10H,4-7,15H2,1-3H3. The van der Waals surface area contributed by atoms with Crippen LogP contribution < -0.4 is 5.73 Å². The smallest absolute Gasteiger partial charge is 0.0849 e. The first-order valence-electron chi connectivity index (χ1n) is 6.50. The van der Waals surface area contributed by atoms with E-state index in [0.29, 0.717) is 17.9 Å². The predicted octanol–water partition coefficient (Wildman–Crippen LogP) is 2.55. The van der Waals surface area contributed by atoms with E-state index in [2.05, 4.69) is 18.9 Å². The van der Waals surface area contributed by atoms with E-state index in [-0.39, 0.29) is 0 Å². The van der Waals surface area contributed by atoms with Crippen LogP contribution in [0.25, 0.3) is 0 Å². The fraction of sp³-hybridized carbons (Fsp3) is 0.769. The molecule has 1 aliphatic carbocycles. The third-order valence-electron chi connectivity index (χ3n) is 4.25. The number of nitrogens with two attached hydrogens (primary N) is 1. The van der Waals surface area contributed by atoms with E-state index in [9.17, 15) is 0 Å². The molecule has 3 nitrogen and oxygen atoms in total. The van der Waals surface area contributed by atoms with Crippen LogP contribution in [0.3, 0.4) is 0 Å². The Morgan fingerprint density at radius 2 is 2.18 bits per heavy atom. The van der Waals surface area contributed by atoms with Crippen molar-refractivity contribution in [2.75, 3.05) is 0 Å². The molecule has 17 heavy (non-hydrogen) atoms. The minimum absolute atomic E-state index is 0.359. The maximum atomic E-state index is 6.38. The Hall–Kier alpha value is -0.540. The molecule has 0 aromatic carbocycles. The summed E-state index contributed by atoms with van der Waals surface area (Å²) >= 11 is 6.38. The normalized spacial score (nSPS) is 28.9. The lowest BCUT2D eigenvalue weighted by Gasteiger charge is -2.18. The Morgan fingerprint density at radius 1 is 1.47 bits per heavy atom. The van der Waals surface area contributed by atoms with Gasteiger partial charge in [-0.1, -0.05) is 25.4 Å². The van der Waals surface area contributed by atoms with E-state index >= 15 is 0 Å². The summed E-state index contributed by atoms with van der Waals surface area (Å²) < 4.78 is 1.94. The maximum Gasteiger partial charge on any atom is 0.0849 e. The van der Waals surface area contributed by atoms with Crippen molar-refractivity contribution in [3.63, 3.8) is 0 Å². The molecule has 3 atom stereocenters. The van der Waals surface area contributed by atoms with Crippen molar-refractivity contribution in [3.8, 4) is 0 Å². The van der Waals surface area contributed by atoms with Crippen molar-refractivity contribution in [1.29, 1.82) is 0 Å². The predicted molar refractivity (Wildman–Crippen MR) is 71.2 cm³/mol. The summed E-state index contributed by atoms with van der Waals surface area (Å²) in [6.45, 7) is 4.35. The maximum absolute atomic E-state index is 6.38. The van der Waals surface area contributed by atoms with Crippen LogP contribution in [0.4, 0.5) is 0 Å². The van der Waals surface area contributed by atoms with E-state index < -0.39 is 0 Å². The summed E-state index contributed by atoms with van der Waals surface area (Å²) in [5, 5.41) is 5.33. The molecule has 0 amide bonds. The van der Waals surface area contributed by atoms with Gasteiger partial charge in [0.1, 0.15) is 0 Å². The number of rotatable bonds is 3. The zero-order valence-electron chi connectivity index (χ0n) is 10.9. The van der Waals surface area contributed by atoms with Gasteiger partial charge in [0.05, 0.1) is 16.4 Å². The number of hydrogen-bond donors (Lipinski definition) is 1. The lowest BCUT2D eigenvalue weighted by atomic mass is 9.91. The van der Waals surface area contributed by atoms with Gasteiger partial charge in [0.2, 0.25) is 0 Å².